The Morgan fingerprint density at radius 1 is 0.909 bits per heavy atom. The zero-order valence-corrected chi connectivity index (χ0v) is 9.44. The molecule has 0 heterocycles. The van der Waals surface area contributed by atoms with Crippen LogP contribution in [0.1, 0.15) is 32.6 Å². The molecule has 0 atom stereocenters. The zero-order valence-electron chi connectivity index (χ0n) is 8.44. The Labute approximate surface area is 71.5 Å². The molecule has 0 aliphatic rings. The maximum Gasteiger partial charge on any atom is -0.269 e. The van der Waals surface area contributed by atoms with Crippen molar-refractivity contribution in [3.05, 3.63) is 0 Å². The van der Waals surface area contributed by atoms with E-state index in [0.717, 1.165) is 0 Å². The Kier molecular flexibility index (Phi) is 8.90. The van der Waals surface area contributed by atoms with Crippen molar-refractivity contribution >= 4 is 7.26 Å². The first kappa shape index (κ1) is 13.9. The molecule has 0 saturated carbocycles. The summed E-state index contributed by atoms with van der Waals surface area (Å²) in [7, 11) is -0.707. The molecule has 0 aromatic rings. The molecule has 0 rings (SSSR count). The molecule has 0 N–H and O–H groups in total. The van der Waals surface area contributed by atoms with Crippen LogP contribution in [0.4, 0.5) is 4.70 Å². The van der Waals surface area contributed by atoms with Gasteiger partial charge >= 0.3 is 66.0 Å². The van der Waals surface area contributed by atoms with Gasteiger partial charge < -0.3 is 0 Å². The number of halogens is 1. The predicted octanol–water partition coefficient (Wildman–Crippen LogP) is 3.36. The van der Waals surface area contributed by atoms with Crippen molar-refractivity contribution in [3.8, 4) is 0 Å². The minimum atomic E-state index is -0.707. The standard InChI is InChI=1S/C9H23P.FH/c1-5-6-7-8-9-10(2,3)4;/h10H,5-9H2,1-4H3;1H. The van der Waals surface area contributed by atoms with Crippen molar-refractivity contribution in [2.45, 2.75) is 32.6 Å². The van der Waals surface area contributed by atoms with Crippen molar-refractivity contribution in [2.75, 3.05) is 26.2 Å². The van der Waals surface area contributed by atoms with Crippen LogP contribution >= 0.6 is 7.26 Å². The Hall–Kier alpha value is 0.360. The summed E-state index contributed by atoms with van der Waals surface area (Å²) in [5.74, 6) is 0. The molecule has 11 heavy (non-hydrogen) atoms. The van der Waals surface area contributed by atoms with E-state index < -0.39 is 7.26 Å². The molecule has 0 aliphatic carbocycles. The van der Waals surface area contributed by atoms with Gasteiger partial charge in [-0.05, 0) is 0 Å². The van der Waals surface area contributed by atoms with Gasteiger partial charge in [0.1, 0.15) is 0 Å². The number of unbranched alkanes of at least 4 members (excludes halogenated alkanes) is 3. The van der Waals surface area contributed by atoms with Crippen LogP contribution in [0.5, 0.6) is 0 Å². The molecule has 0 unspecified atom stereocenters. The average molecular weight is 182 g/mol. The molecule has 0 nitrogen and oxygen atoms in total. The Balaban J connectivity index is 0. The third kappa shape index (κ3) is 13.4. The van der Waals surface area contributed by atoms with Gasteiger partial charge in [-0.3, -0.25) is 4.70 Å². The van der Waals surface area contributed by atoms with Gasteiger partial charge in [0.2, 0.25) is 0 Å². The molecule has 0 spiro atoms. The molecule has 0 saturated heterocycles. The molecule has 0 aliphatic heterocycles. The summed E-state index contributed by atoms with van der Waals surface area (Å²) in [5.41, 5.74) is 0. The van der Waals surface area contributed by atoms with E-state index in [1.807, 2.05) is 0 Å². The van der Waals surface area contributed by atoms with E-state index in [1.54, 1.807) is 0 Å². The van der Waals surface area contributed by atoms with Gasteiger partial charge in [0.05, 0.1) is 0 Å². The van der Waals surface area contributed by atoms with Gasteiger partial charge in [-0.1, -0.05) is 0 Å². The molecule has 2 heteroatoms. The zero-order chi connectivity index (χ0) is 8.04. The maximum absolute atomic E-state index is 2.46. The normalized spacial score (nSPS) is 12.4. The van der Waals surface area contributed by atoms with Gasteiger partial charge in [0, 0.05) is 0 Å². The molecular formula is C9H24FP. The quantitative estimate of drug-likeness (QED) is 0.452. The van der Waals surface area contributed by atoms with E-state index in [9.17, 15) is 0 Å². The van der Waals surface area contributed by atoms with E-state index in [1.165, 1.54) is 31.8 Å². The van der Waals surface area contributed by atoms with Gasteiger partial charge in [0.25, 0.3) is 0 Å². The van der Waals surface area contributed by atoms with Crippen molar-refractivity contribution in [2.24, 2.45) is 0 Å². The Morgan fingerprint density at radius 3 is 1.82 bits per heavy atom. The topological polar surface area (TPSA) is 0 Å². The SMILES string of the molecule is CCCCCC[PH](C)(C)C.F. The van der Waals surface area contributed by atoms with Gasteiger partial charge in [-0.2, -0.15) is 0 Å². The first-order chi connectivity index (χ1) is 4.56. The fourth-order valence-corrected chi connectivity index (χ4v) is 2.39. The van der Waals surface area contributed by atoms with Crippen LogP contribution in [0.3, 0.4) is 0 Å². The summed E-state index contributed by atoms with van der Waals surface area (Å²) in [6.07, 6.45) is 7.26. The fourth-order valence-electron chi connectivity index (χ4n) is 1.08. The van der Waals surface area contributed by atoms with Crippen LogP contribution in [-0.4, -0.2) is 26.2 Å². The second kappa shape index (κ2) is 7.03. The second-order valence-corrected chi connectivity index (χ2v) is 9.99. The summed E-state index contributed by atoms with van der Waals surface area (Å²) in [4.78, 5) is 0. The summed E-state index contributed by atoms with van der Waals surface area (Å²) in [6, 6.07) is 0. The van der Waals surface area contributed by atoms with E-state index in [-0.39, 0.29) is 4.70 Å². The smallest absolute Gasteiger partial charge is 0.269 e. The van der Waals surface area contributed by atoms with Crippen molar-refractivity contribution in [1.82, 2.24) is 0 Å². The number of hydrogen-bond donors (Lipinski definition) is 0. The predicted molar refractivity (Wildman–Crippen MR) is 57.6 cm³/mol. The average Bonchev–Trinajstić information content (AvgIpc) is 1.78. The monoisotopic (exact) mass is 182 g/mol. The molecule has 0 aromatic heterocycles. The number of rotatable bonds is 5. The summed E-state index contributed by atoms with van der Waals surface area (Å²) < 4.78 is 0. The fraction of sp³-hybridized carbons (Fsp3) is 1.00. The molecule has 0 bridgehead atoms. The van der Waals surface area contributed by atoms with E-state index in [4.69, 9.17) is 0 Å². The summed E-state index contributed by atoms with van der Waals surface area (Å²) >= 11 is 0. The van der Waals surface area contributed by atoms with Crippen LogP contribution in [-0.2, 0) is 0 Å². The largest absolute Gasteiger partial charge is 0.269 e. The van der Waals surface area contributed by atoms with Crippen LogP contribution in [0.25, 0.3) is 0 Å². The Morgan fingerprint density at radius 2 is 1.45 bits per heavy atom. The van der Waals surface area contributed by atoms with Crippen molar-refractivity contribution in [1.29, 1.82) is 0 Å². The molecule has 0 aromatic carbocycles. The first-order valence-corrected chi connectivity index (χ1v) is 8.27. The maximum atomic E-state index is 2.46. The van der Waals surface area contributed by atoms with Gasteiger partial charge in [-0.25, -0.2) is 0 Å². The minimum absolute atomic E-state index is 0. The van der Waals surface area contributed by atoms with Crippen LogP contribution in [0.15, 0.2) is 0 Å². The molecular weight excluding hydrogens is 158 g/mol. The van der Waals surface area contributed by atoms with Crippen LogP contribution in [0, 0.1) is 0 Å². The van der Waals surface area contributed by atoms with E-state index in [0.29, 0.717) is 0 Å². The molecule has 0 fully saturated rings. The second-order valence-electron chi connectivity index (χ2n) is 4.37. The summed E-state index contributed by atoms with van der Waals surface area (Å²) in [6.45, 7) is 9.64. The first-order valence-electron chi connectivity index (χ1n) is 4.56. The molecule has 0 amide bonds. The summed E-state index contributed by atoms with van der Waals surface area (Å²) in [5, 5.41) is 0. The molecule has 0 radical (unpaired) electrons. The van der Waals surface area contributed by atoms with E-state index >= 15 is 0 Å². The van der Waals surface area contributed by atoms with Crippen LogP contribution < -0.4 is 0 Å². The van der Waals surface area contributed by atoms with Crippen molar-refractivity contribution in [3.63, 3.8) is 0 Å². The third-order valence-electron chi connectivity index (χ3n) is 1.78. The van der Waals surface area contributed by atoms with Gasteiger partial charge in [-0.15, -0.1) is 0 Å². The van der Waals surface area contributed by atoms with Gasteiger partial charge in [0.15, 0.2) is 0 Å². The number of hydrogen-bond acceptors (Lipinski definition) is 0. The third-order valence-corrected chi connectivity index (χ3v) is 3.63. The molecule has 72 valence electrons. The van der Waals surface area contributed by atoms with E-state index in [2.05, 4.69) is 26.9 Å². The Bertz CT molecular complexity index is 76.1. The van der Waals surface area contributed by atoms with Crippen molar-refractivity contribution < 1.29 is 4.70 Å². The minimum Gasteiger partial charge on any atom is -0.269 e. The van der Waals surface area contributed by atoms with Crippen LogP contribution in [0.2, 0.25) is 0 Å².